The third kappa shape index (κ3) is 5.93. The zero-order valence-electron chi connectivity index (χ0n) is 17.6. The van der Waals surface area contributed by atoms with E-state index in [4.69, 9.17) is 9.84 Å². The van der Waals surface area contributed by atoms with Gasteiger partial charge >= 0.3 is 5.97 Å². The minimum atomic E-state index is -0.702. The molecule has 5 nitrogen and oxygen atoms in total. The second kappa shape index (κ2) is 10.6. The van der Waals surface area contributed by atoms with Gasteiger partial charge < -0.3 is 9.84 Å². The lowest BCUT2D eigenvalue weighted by atomic mass is 9.99. The summed E-state index contributed by atoms with van der Waals surface area (Å²) in [4.78, 5) is 17.7. The van der Waals surface area contributed by atoms with Gasteiger partial charge in [-0.3, -0.25) is 9.69 Å². The van der Waals surface area contributed by atoms with Crippen molar-refractivity contribution in [3.63, 3.8) is 0 Å². The first-order valence-corrected chi connectivity index (χ1v) is 11.8. The van der Waals surface area contributed by atoms with E-state index in [2.05, 4.69) is 52.3 Å². The molecule has 0 radical (unpaired) electrons. The van der Waals surface area contributed by atoms with Gasteiger partial charge in [0.15, 0.2) is 0 Å². The number of carboxylic acids is 1. The maximum atomic E-state index is 11.0. The highest BCUT2D eigenvalue weighted by molar-refractivity contribution is 7.07. The molecule has 1 aliphatic heterocycles. The number of aromatic nitrogens is 1. The van der Waals surface area contributed by atoms with E-state index in [9.17, 15) is 4.79 Å². The van der Waals surface area contributed by atoms with E-state index in [1.165, 1.54) is 12.0 Å². The van der Waals surface area contributed by atoms with Gasteiger partial charge in [-0.15, -0.1) is 11.3 Å². The highest BCUT2D eigenvalue weighted by atomic mass is 32.1. The average molecular weight is 437 g/mol. The minimum Gasteiger partial charge on any atom is -0.493 e. The monoisotopic (exact) mass is 436 g/mol. The lowest BCUT2D eigenvalue weighted by Gasteiger charge is -2.36. The number of ether oxygens (including phenoxy) is 1. The predicted molar refractivity (Wildman–Crippen MR) is 123 cm³/mol. The highest BCUT2D eigenvalue weighted by Gasteiger charge is 2.32. The zero-order valence-corrected chi connectivity index (χ0v) is 18.4. The van der Waals surface area contributed by atoms with Crippen molar-refractivity contribution in [2.24, 2.45) is 5.92 Å². The summed E-state index contributed by atoms with van der Waals surface area (Å²) >= 11 is 1.57. The molecule has 31 heavy (non-hydrogen) atoms. The van der Waals surface area contributed by atoms with Crippen LogP contribution < -0.4 is 4.74 Å². The summed E-state index contributed by atoms with van der Waals surface area (Å²) in [7, 11) is 0. The predicted octanol–water partition coefficient (Wildman–Crippen LogP) is 5.12. The number of aliphatic carboxylic acids is 1. The molecule has 0 amide bonds. The number of hydrogen-bond donors (Lipinski definition) is 1. The van der Waals surface area contributed by atoms with Crippen LogP contribution in [0.3, 0.4) is 0 Å². The number of carboxylic acid groups (broad SMARTS) is 1. The number of aryl methyl sites for hydroxylation is 1. The van der Waals surface area contributed by atoms with Gasteiger partial charge in [0.25, 0.3) is 0 Å². The third-order valence-electron chi connectivity index (χ3n) is 5.68. The Bertz CT molecular complexity index is 970. The highest BCUT2D eigenvalue weighted by Crippen LogP contribution is 2.32. The molecule has 2 heterocycles. The fourth-order valence-electron chi connectivity index (χ4n) is 3.90. The van der Waals surface area contributed by atoms with Gasteiger partial charge in [-0.05, 0) is 48.9 Å². The molecule has 0 saturated carbocycles. The number of nitrogens with zero attached hydrogens (tertiary/aromatic N) is 2. The summed E-state index contributed by atoms with van der Waals surface area (Å²) in [6, 6.07) is 16.8. The molecule has 0 atom stereocenters. The van der Waals surface area contributed by atoms with E-state index >= 15 is 0 Å². The molecule has 0 unspecified atom stereocenters. The van der Waals surface area contributed by atoms with Crippen LogP contribution in [-0.4, -0.2) is 40.7 Å². The molecular formula is C25H28N2O3S. The van der Waals surface area contributed by atoms with E-state index in [0.717, 1.165) is 48.4 Å². The molecule has 1 fully saturated rings. The number of unbranched alkanes of at least 4 members (excludes halogenated alkanes) is 2. The third-order valence-corrected chi connectivity index (χ3v) is 6.26. The molecule has 3 aromatic rings. The number of thiazole rings is 1. The van der Waals surface area contributed by atoms with Gasteiger partial charge in [-0.25, -0.2) is 4.98 Å². The van der Waals surface area contributed by atoms with Crippen molar-refractivity contribution in [1.29, 1.82) is 0 Å². The summed E-state index contributed by atoms with van der Waals surface area (Å²) in [5.74, 6) is -0.0702. The maximum absolute atomic E-state index is 11.0. The van der Waals surface area contributed by atoms with E-state index in [1.807, 2.05) is 17.0 Å². The summed E-state index contributed by atoms with van der Waals surface area (Å²) in [6.07, 6.45) is 4.44. The zero-order chi connectivity index (χ0) is 21.5. The minimum absolute atomic E-state index is 0.234. The van der Waals surface area contributed by atoms with Gasteiger partial charge in [0, 0.05) is 30.6 Å². The van der Waals surface area contributed by atoms with Gasteiger partial charge in [-0.1, -0.05) is 36.4 Å². The van der Waals surface area contributed by atoms with E-state index in [1.54, 1.807) is 11.3 Å². The van der Waals surface area contributed by atoms with Crippen LogP contribution in [0.5, 0.6) is 5.75 Å². The Balaban J connectivity index is 1.30. The van der Waals surface area contributed by atoms with Crippen LogP contribution in [0.25, 0.3) is 11.3 Å². The lowest BCUT2D eigenvalue weighted by Crippen LogP contribution is -2.49. The molecular weight excluding hydrogens is 408 g/mol. The lowest BCUT2D eigenvalue weighted by molar-refractivity contribution is -0.147. The van der Waals surface area contributed by atoms with Crippen LogP contribution in [0, 0.1) is 5.92 Å². The quantitative estimate of drug-likeness (QED) is 0.423. The molecule has 2 aromatic carbocycles. The summed E-state index contributed by atoms with van der Waals surface area (Å²) in [6.45, 7) is 2.67. The first-order chi connectivity index (χ1) is 15.2. The first kappa shape index (κ1) is 21.5. The van der Waals surface area contributed by atoms with Crippen LogP contribution in [0.2, 0.25) is 0 Å². The molecule has 0 spiro atoms. The second-order valence-corrected chi connectivity index (χ2v) is 8.80. The Labute approximate surface area is 187 Å². The fourth-order valence-corrected chi connectivity index (χ4v) is 4.45. The molecule has 6 heteroatoms. The molecule has 4 rings (SSSR count). The van der Waals surface area contributed by atoms with E-state index in [-0.39, 0.29) is 5.92 Å². The Morgan fingerprint density at radius 1 is 1.10 bits per heavy atom. The van der Waals surface area contributed by atoms with Crippen molar-refractivity contribution in [2.45, 2.75) is 32.2 Å². The largest absolute Gasteiger partial charge is 0.493 e. The summed E-state index contributed by atoms with van der Waals surface area (Å²) in [5.41, 5.74) is 6.32. The smallest absolute Gasteiger partial charge is 0.309 e. The maximum Gasteiger partial charge on any atom is 0.309 e. The Morgan fingerprint density at radius 3 is 2.68 bits per heavy atom. The SMILES string of the molecule is O=C(O)C1CN(Cc2ccc(OCCCCCc3ccccc3)c(-c3cscn3)c2)C1. The van der Waals surface area contributed by atoms with Gasteiger partial charge in [0.1, 0.15) is 5.75 Å². The summed E-state index contributed by atoms with van der Waals surface area (Å²) < 4.78 is 6.14. The van der Waals surface area contributed by atoms with Crippen LogP contribution in [0.15, 0.2) is 59.4 Å². The van der Waals surface area contributed by atoms with Crippen LogP contribution in [0.4, 0.5) is 0 Å². The van der Waals surface area contributed by atoms with Crippen LogP contribution in [0.1, 0.15) is 30.4 Å². The fraction of sp³-hybridized carbons (Fsp3) is 0.360. The standard InChI is InChI=1S/C25H28N2O3S/c28-25(29)21-15-27(16-21)14-20-10-11-24(22(13-20)23-17-31-18-26-23)30-12-6-2-5-9-19-7-3-1-4-8-19/h1,3-4,7-8,10-11,13,17-18,21H,2,5-6,9,12,14-16H2,(H,28,29). The van der Waals surface area contributed by atoms with Crippen LogP contribution >= 0.6 is 11.3 Å². The molecule has 1 aromatic heterocycles. The molecule has 1 N–H and O–H groups in total. The molecule has 0 aliphatic carbocycles. The molecule has 1 saturated heterocycles. The molecule has 1 aliphatic rings. The van der Waals surface area contributed by atoms with Crippen LogP contribution in [-0.2, 0) is 17.8 Å². The number of rotatable bonds is 11. The summed E-state index contributed by atoms with van der Waals surface area (Å²) in [5, 5.41) is 11.1. The van der Waals surface area contributed by atoms with Crippen molar-refractivity contribution >= 4 is 17.3 Å². The molecule has 162 valence electrons. The topological polar surface area (TPSA) is 62.7 Å². The normalized spacial score (nSPS) is 14.3. The number of likely N-dealkylation sites (tertiary alicyclic amines) is 1. The Kier molecular flexibility index (Phi) is 7.33. The second-order valence-electron chi connectivity index (χ2n) is 8.08. The van der Waals surface area contributed by atoms with Crippen molar-refractivity contribution in [2.75, 3.05) is 19.7 Å². The van der Waals surface area contributed by atoms with E-state index < -0.39 is 5.97 Å². The van der Waals surface area contributed by atoms with Crippen molar-refractivity contribution in [3.05, 3.63) is 70.5 Å². The first-order valence-electron chi connectivity index (χ1n) is 10.8. The van der Waals surface area contributed by atoms with Gasteiger partial charge in [-0.2, -0.15) is 0 Å². The van der Waals surface area contributed by atoms with Gasteiger partial charge in [0.2, 0.25) is 0 Å². The van der Waals surface area contributed by atoms with E-state index in [0.29, 0.717) is 19.7 Å². The van der Waals surface area contributed by atoms with Crippen molar-refractivity contribution < 1.29 is 14.6 Å². The van der Waals surface area contributed by atoms with Crippen molar-refractivity contribution in [3.8, 4) is 17.0 Å². The average Bonchev–Trinajstić information content (AvgIpc) is 3.28. The Morgan fingerprint density at radius 2 is 1.94 bits per heavy atom. The molecule has 0 bridgehead atoms. The van der Waals surface area contributed by atoms with Gasteiger partial charge in [0.05, 0.1) is 23.7 Å². The number of carbonyl (C=O) groups is 1. The number of hydrogen-bond acceptors (Lipinski definition) is 5. The van der Waals surface area contributed by atoms with Crippen molar-refractivity contribution in [1.82, 2.24) is 9.88 Å². The Hall–Kier alpha value is -2.70. The number of benzene rings is 2.